The van der Waals surface area contributed by atoms with Crippen LogP contribution in [0.5, 0.6) is 0 Å². The quantitative estimate of drug-likeness (QED) is 0.852. The van der Waals surface area contributed by atoms with Gasteiger partial charge in [0.25, 0.3) is 0 Å². The van der Waals surface area contributed by atoms with Gasteiger partial charge in [-0.05, 0) is 24.8 Å². The van der Waals surface area contributed by atoms with Crippen molar-refractivity contribution in [3.8, 4) is 0 Å². The monoisotopic (exact) mass is 290 g/mol. The number of anilines is 2. The lowest BCUT2D eigenvalue weighted by atomic mass is 10.2. The zero-order valence-corrected chi connectivity index (χ0v) is 13.3. The first-order valence-corrected chi connectivity index (χ1v) is 7.82. The van der Waals surface area contributed by atoms with E-state index >= 15 is 0 Å². The van der Waals surface area contributed by atoms with Crippen molar-refractivity contribution in [1.29, 1.82) is 0 Å². The fraction of sp³-hybridized carbons (Fsp3) is 0.467. The van der Waals surface area contributed by atoms with Crippen LogP contribution in [0.1, 0.15) is 36.0 Å². The molecule has 2 rings (SSSR count). The highest BCUT2D eigenvalue weighted by Gasteiger charge is 2.12. The Morgan fingerprint density at radius 3 is 2.60 bits per heavy atom. The third kappa shape index (κ3) is 3.48. The van der Waals surface area contributed by atoms with Crippen LogP contribution in [0.2, 0.25) is 0 Å². The SMILES string of the molecule is CNc1nc(C(C)C)nc(NCCc2cccs2)c1C. The van der Waals surface area contributed by atoms with Gasteiger partial charge in [-0.25, -0.2) is 9.97 Å². The highest BCUT2D eigenvalue weighted by molar-refractivity contribution is 7.09. The van der Waals surface area contributed by atoms with E-state index < -0.39 is 0 Å². The first-order chi connectivity index (χ1) is 9.61. The minimum atomic E-state index is 0.320. The van der Waals surface area contributed by atoms with Gasteiger partial charge in [0.2, 0.25) is 0 Å². The van der Waals surface area contributed by atoms with Crippen molar-refractivity contribution < 1.29 is 0 Å². The predicted molar refractivity (Wildman–Crippen MR) is 86.9 cm³/mol. The van der Waals surface area contributed by atoms with E-state index in [0.717, 1.165) is 36.0 Å². The van der Waals surface area contributed by atoms with E-state index in [1.807, 2.05) is 14.0 Å². The van der Waals surface area contributed by atoms with E-state index in [1.54, 1.807) is 11.3 Å². The Morgan fingerprint density at radius 1 is 1.25 bits per heavy atom. The number of hydrogen-bond acceptors (Lipinski definition) is 5. The molecular weight excluding hydrogens is 268 g/mol. The number of nitrogens with zero attached hydrogens (tertiary/aromatic N) is 2. The van der Waals surface area contributed by atoms with Crippen LogP contribution in [0.15, 0.2) is 17.5 Å². The van der Waals surface area contributed by atoms with Gasteiger partial charge in [-0.1, -0.05) is 19.9 Å². The molecule has 0 aliphatic rings. The molecule has 5 heteroatoms. The molecule has 2 heterocycles. The molecular formula is C15H22N4S. The second-order valence-corrected chi connectivity index (χ2v) is 6.10. The van der Waals surface area contributed by atoms with E-state index in [2.05, 4.69) is 52.0 Å². The fourth-order valence-electron chi connectivity index (χ4n) is 1.97. The molecule has 0 radical (unpaired) electrons. The van der Waals surface area contributed by atoms with Crippen LogP contribution in [0.3, 0.4) is 0 Å². The van der Waals surface area contributed by atoms with Crippen molar-refractivity contribution in [3.05, 3.63) is 33.8 Å². The van der Waals surface area contributed by atoms with Crippen molar-refractivity contribution in [3.63, 3.8) is 0 Å². The summed E-state index contributed by atoms with van der Waals surface area (Å²) in [7, 11) is 1.90. The summed E-state index contributed by atoms with van der Waals surface area (Å²) in [5, 5.41) is 8.69. The average molecular weight is 290 g/mol. The lowest BCUT2D eigenvalue weighted by Crippen LogP contribution is -2.12. The van der Waals surface area contributed by atoms with E-state index in [-0.39, 0.29) is 0 Å². The summed E-state index contributed by atoms with van der Waals surface area (Å²) in [4.78, 5) is 10.6. The minimum Gasteiger partial charge on any atom is -0.373 e. The molecule has 0 amide bonds. The Hall–Kier alpha value is -1.62. The van der Waals surface area contributed by atoms with Crippen molar-refractivity contribution in [2.75, 3.05) is 24.2 Å². The van der Waals surface area contributed by atoms with Gasteiger partial charge in [0.15, 0.2) is 0 Å². The summed E-state index contributed by atoms with van der Waals surface area (Å²) in [5.41, 5.74) is 1.07. The highest BCUT2D eigenvalue weighted by Crippen LogP contribution is 2.22. The summed E-state index contributed by atoms with van der Waals surface area (Å²) in [6.07, 6.45) is 1.02. The first-order valence-electron chi connectivity index (χ1n) is 6.94. The molecule has 0 aliphatic carbocycles. The zero-order chi connectivity index (χ0) is 14.5. The van der Waals surface area contributed by atoms with Gasteiger partial charge in [-0.3, -0.25) is 0 Å². The molecule has 0 unspecified atom stereocenters. The van der Waals surface area contributed by atoms with E-state index in [4.69, 9.17) is 0 Å². The van der Waals surface area contributed by atoms with Crippen molar-refractivity contribution in [1.82, 2.24) is 9.97 Å². The van der Waals surface area contributed by atoms with Gasteiger partial charge in [-0.15, -0.1) is 11.3 Å². The third-order valence-electron chi connectivity index (χ3n) is 3.16. The Balaban J connectivity index is 2.11. The van der Waals surface area contributed by atoms with Crippen LogP contribution in [-0.2, 0) is 6.42 Å². The molecule has 0 atom stereocenters. The number of nitrogens with one attached hydrogen (secondary N) is 2. The predicted octanol–water partition coefficient (Wildman–Crippen LogP) is 3.67. The van der Waals surface area contributed by atoms with Crippen LogP contribution in [0, 0.1) is 6.92 Å². The normalized spacial score (nSPS) is 10.8. The van der Waals surface area contributed by atoms with Gasteiger partial charge >= 0.3 is 0 Å². The van der Waals surface area contributed by atoms with Crippen molar-refractivity contribution in [2.45, 2.75) is 33.1 Å². The maximum atomic E-state index is 4.64. The smallest absolute Gasteiger partial charge is 0.135 e. The molecule has 0 aliphatic heterocycles. The Kier molecular flexibility index (Phi) is 4.95. The standard InChI is InChI=1S/C15H22N4S/c1-10(2)13-18-14(16-4)11(3)15(19-13)17-8-7-12-6-5-9-20-12/h5-6,9-10H,7-8H2,1-4H3,(H2,16,17,18,19). The topological polar surface area (TPSA) is 49.8 Å². The molecule has 0 fully saturated rings. The Bertz CT molecular complexity index is 549. The fourth-order valence-corrected chi connectivity index (χ4v) is 2.68. The molecule has 2 aromatic heterocycles. The summed E-state index contributed by atoms with van der Waals surface area (Å²) >= 11 is 1.79. The van der Waals surface area contributed by atoms with Crippen LogP contribution >= 0.6 is 11.3 Å². The second-order valence-electron chi connectivity index (χ2n) is 5.06. The largest absolute Gasteiger partial charge is 0.373 e. The van der Waals surface area contributed by atoms with Gasteiger partial charge in [0.1, 0.15) is 17.5 Å². The molecule has 0 spiro atoms. The molecule has 4 nitrogen and oxygen atoms in total. The molecule has 0 bridgehead atoms. The van der Waals surface area contributed by atoms with Crippen molar-refractivity contribution >= 4 is 23.0 Å². The van der Waals surface area contributed by atoms with Gasteiger partial charge in [0, 0.05) is 30.0 Å². The van der Waals surface area contributed by atoms with Crippen LogP contribution in [0.25, 0.3) is 0 Å². The number of hydrogen-bond donors (Lipinski definition) is 2. The summed E-state index contributed by atoms with van der Waals surface area (Å²) in [6.45, 7) is 7.15. The lowest BCUT2D eigenvalue weighted by Gasteiger charge is -2.15. The van der Waals surface area contributed by atoms with E-state index in [9.17, 15) is 0 Å². The molecule has 2 N–H and O–H groups in total. The molecule has 0 saturated heterocycles. The number of thiophene rings is 1. The Labute approximate surface area is 124 Å². The lowest BCUT2D eigenvalue weighted by molar-refractivity contribution is 0.773. The van der Waals surface area contributed by atoms with E-state index in [0.29, 0.717) is 5.92 Å². The maximum absolute atomic E-state index is 4.64. The minimum absolute atomic E-state index is 0.320. The van der Waals surface area contributed by atoms with Gasteiger partial charge in [0.05, 0.1) is 0 Å². The molecule has 0 saturated carbocycles. The number of rotatable bonds is 6. The van der Waals surface area contributed by atoms with Crippen LogP contribution in [0.4, 0.5) is 11.6 Å². The first kappa shape index (κ1) is 14.8. The zero-order valence-electron chi connectivity index (χ0n) is 12.5. The Morgan fingerprint density at radius 2 is 2.00 bits per heavy atom. The summed E-state index contributed by atoms with van der Waals surface area (Å²) in [5.74, 6) is 3.03. The van der Waals surface area contributed by atoms with Crippen molar-refractivity contribution in [2.24, 2.45) is 0 Å². The molecule has 20 heavy (non-hydrogen) atoms. The second kappa shape index (κ2) is 6.70. The van der Waals surface area contributed by atoms with Crippen LogP contribution < -0.4 is 10.6 Å². The summed E-state index contributed by atoms with van der Waals surface area (Å²) in [6, 6.07) is 4.25. The summed E-state index contributed by atoms with van der Waals surface area (Å²) < 4.78 is 0. The number of aromatic nitrogens is 2. The molecule has 108 valence electrons. The third-order valence-corrected chi connectivity index (χ3v) is 4.10. The van der Waals surface area contributed by atoms with Gasteiger partial charge in [-0.2, -0.15) is 0 Å². The van der Waals surface area contributed by atoms with Gasteiger partial charge < -0.3 is 10.6 Å². The molecule has 0 aromatic carbocycles. The van der Waals surface area contributed by atoms with Crippen LogP contribution in [-0.4, -0.2) is 23.6 Å². The maximum Gasteiger partial charge on any atom is 0.135 e. The highest BCUT2D eigenvalue weighted by atomic mass is 32.1. The average Bonchev–Trinajstić information content (AvgIpc) is 2.93. The molecule has 2 aromatic rings. The van der Waals surface area contributed by atoms with E-state index in [1.165, 1.54) is 4.88 Å².